The van der Waals surface area contributed by atoms with E-state index in [-0.39, 0.29) is 5.91 Å². The molecule has 0 aromatic carbocycles. The van der Waals surface area contributed by atoms with Crippen LogP contribution in [0.15, 0.2) is 0 Å². The summed E-state index contributed by atoms with van der Waals surface area (Å²) in [5, 5.41) is 2.92. The normalized spacial score (nSPS) is 26.3. The maximum absolute atomic E-state index is 10.6. The molecule has 0 aliphatic carbocycles. The molecule has 0 spiro atoms. The van der Waals surface area contributed by atoms with Gasteiger partial charge in [0.05, 0.1) is 0 Å². The van der Waals surface area contributed by atoms with Crippen molar-refractivity contribution in [3.05, 3.63) is 0 Å². The molecule has 9 heavy (non-hydrogen) atoms. The molecule has 0 unspecified atom stereocenters. The quantitative estimate of drug-likeness (QED) is 0.590. The van der Waals surface area contributed by atoms with E-state index in [0.29, 0.717) is 6.04 Å². The summed E-state index contributed by atoms with van der Waals surface area (Å²) in [4.78, 5) is 10.6. The van der Waals surface area contributed by atoms with Crippen LogP contribution in [0.25, 0.3) is 0 Å². The Labute approximate surface area is 55.6 Å². The van der Waals surface area contributed by atoms with Gasteiger partial charge in [0.25, 0.3) is 0 Å². The zero-order valence-corrected chi connectivity index (χ0v) is 5.81. The Morgan fingerprint density at radius 2 is 2.56 bits per heavy atom. The zero-order chi connectivity index (χ0) is 6.69. The molecule has 52 valence electrons. The summed E-state index contributed by atoms with van der Waals surface area (Å²) < 4.78 is 0. The molecule has 1 amide bonds. The topological polar surface area (TPSA) is 29.1 Å². The number of carbonyl (C=O) groups excluding carboxylic acids is 1. The van der Waals surface area contributed by atoms with Crippen molar-refractivity contribution in [1.29, 1.82) is 0 Å². The summed E-state index contributed by atoms with van der Waals surface area (Å²) in [6.45, 7) is 2.14. The van der Waals surface area contributed by atoms with Gasteiger partial charge in [0, 0.05) is 12.5 Å². The third kappa shape index (κ3) is 1.70. The molecule has 1 atom stereocenters. The highest BCUT2D eigenvalue weighted by Gasteiger charge is 2.18. The molecule has 0 saturated carbocycles. The van der Waals surface area contributed by atoms with E-state index in [1.807, 2.05) is 0 Å². The molecule has 0 radical (unpaired) electrons. The first kappa shape index (κ1) is 6.59. The van der Waals surface area contributed by atoms with E-state index in [2.05, 4.69) is 12.2 Å². The molecule has 0 aromatic heterocycles. The Morgan fingerprint density at radius 3 is 3.00 bits per heavy atom. The number of carbonyl (C=O) groups is 1. The lowest BCUT2D eigenvalue weighted by atomic mass is 10.1. The maximum Gasteiger partial charge on any atom is 0.220 e. The van der Waals surface area contributed by atoms with E-state index in [9.17, 15) is 4.79 Å². The zero-order valence-electron chi connectivity index (χ0n) is 5.81. The standard InChI is InChI=1S/C7H13NO/c1-2-3-6-4-5-7(9)8-6/h6H,2-5H2,1H3,(H,8,9)/t6-/m0/s1. The van der Waals surface area contributed by atoms with Crippen molar-refractivity contribution in [2.45, 2.75) is 38.6 Å². The minimum Gasteiger partial charge on any atom is -0.353 e. The van der Waals surface area contributed by atoms with Gasteiger partial charge in [0.15, 0.2) is 0 Å². The number of rotatable bonds is 2. The van der Waals surface area contributed by atoms with Crippen LogP contribution in [0.1, 0.15) is 32.6 Å². The molecule has 1 rings (SSSR count). The summed E-state index contributed by atoms with van der Waals surface area (Å²) in [6.07, 6.45) is 4.11. The molecule has 2 heteroatoms. The van der Waals surface area contributed by atoms with Crippen molar-refractivity contribution < 1.29 is 4.79 Å². The number of hydrogen-bond acceptors (Lipinski definition) is 1. The lowest BCUT2D eigenvalue weighted by molar-refractivity contribution is -0.119. The summed E-state index contributed by atoms with van der Waals surface area (Å²) in [5.41, 5.74) is 0. The molecule has 0 bridgehead atoms. The Hall–Kier alpha value is -0.530. The first-order chi connectivity index (χ1) is 4.33. The molecule has 0 aromatic rings. The van der Waals surface area contributed by atoms with Gasteiger partial charge in [0.2, 0.25) is 5.91 Å². The molecule has 2 nitrogen and oxygen atoms in total. The van der Waals surface area contributed by atoms with Crippen LogP contribution in [0.3, 0.4) is 0 Å². The van der Waals surface area contributed by atoms with Crippen molar-refractivity contribution in [2.75, 3.05) is 0 Å². The van der Waals surface area contributed by atoms with E-state index in [4.69, 9.17) is 0 Å². The fourth-order valence-electron chi connectivity index (χ4n) is 1.24. The number of amides is 1. The number of nitrogens with one attached hydrogen (secondary N) is 1. The molecule has 1 N–H and O–H groups in total. The van der Waals surface area contributed by atoms with E-state index in [1.165, 1.54) is 6.42 Å². The second kappa shape index (κ2) is 2.85. The van der Waals surface area contributed by atoms with Gasteiger partial charge >= 0.3 is 0 Å². The molecule has 1 heterocycles. The Morgan fingerprint density at radius 1 is 1.78 bits per heavy atom. The Kier molecular flexibility index (Phi) is 2.09. The van der Waals surface area contributed by atoms with Crippen LogP contribution < -0.4 is 5.32 Å². The minimum atomic E-state index is 0.230. The lowest BCUT2D eigenvalue weighted by Crippen LogP contribution is -2.24. The van der Waals surface area contributed by atoms with Crippen LogP contribution in [0.4, 0.5) is 0 Å². The summed E-state index contributed by atoms with van der Waals surface area (Å²) in [7, 11) is 0. The predicted molar refractivity (Wildman–Crippen MR) is 36.1 cm³/mol. The summed E-state index contributed by atoms with van der Waals surface area (Å²) >= 11 is 0. The molecular formula is C7H13NO. The first-order valence-corrected chi connectivity index (χ1v) is 3.62. The molecule has 1 saturated heterocycles. The van der Waals surface area contributed by atoms with Crippen molar-refractivity contribution in [1.82, 2.24) is 5.32 Å². The van der Waals surface area contributed by atoms with Gasteiger partial charge < -0.3 is 5.32 Å². The van der Waals surface area contributed by atoms with Gasteiger partial charge in [-0.1, -0.05) is 13.3 Å². The third-order valence-electron chi connectivity index (χ3n) is 1.72. The predicted octanol–water partition coefficient (Wildman–Crippen LogP) is 1.07. The minimum absolute atomic E-state index is 0.230. The van der Waals surface area contributed by atoms with Crippen LogP contribution in [-0.4, -0.2) is 11.9 Å². The highest BCUT2D eigenvalue weighted by Crippen LogP contribution is 2.10. The van der Waals surface area contributed by atoms with E-state index >= 15 is 0 Å². The highest BCUT2D eigenvalue weighted by atomic mass is 16.1. The van der Waals surface area contributed by atoms with Crippen LogP contribution in [0, 0.1) is 0 Å². The average molecular weight is 127 g/mol. The monoisotopic (exact) mass is 127 g/mol. The van der Waals surface area contributed by atoms with Gasteiger partial charge in [0.1, 0.15) is 0 Å². The van der Waals surface area contributed by atoms with Crippen LogP contribution in [0.2, 0.25) is 0 Å². The smallest absolute Gasteiger partial charge is 0.220 e. The molecule has 1 fully saturated rings. The third-order valence-corrected chi connectivity index (χ3v) is 1.72. The van der Waals surface area contributed by atoms with Crippen LogP contribution in [0.5, 0.6) is 0 Å². The second-order valence-electron chi connectivity index (χ2n) is 2.59. The summed E-state index contributed by atoms with van der Waals surface area (Å²) in [5.74, 6) is 0.230. The first-order valence-electron chi connectivity index (χ1n) is 3.62. The SMILES string of the molecule is CCC[C@H]1CCC(=O)N1. The van der Waals surface area contributed by atoms with Gasteiger partial charge in [-0.3, -0.25) is 4.79 Å². The number of hydrogen-bond donors (Lipinski definition) is 1. The van der Waals surface area contributed by atoms with Gasteiger partial charge in [-0.15, -0.1) is 0 Å². The van der Waals surface area contributed by atoms with Gasteiger partial charge in [-0.05, 0) is 12.8 Å². The van der Waals surface area contributed by atoms with Crippen molar-refractivity contribution in [3.63, 3.8) is 0 Å². The fourth-order valence-corrected chi connectivity index (χ4v) is 1.24. The van der Waals surface area contributed by atoms with Crippen molar-refractivity contribution in [3.8, 4) is 0 Å². The van der Waals surface area contributed by atoms with Gasteiger partial charge in [-0.2, -0.15) is 0 Å². The van der Waals surface area contributed by atoms with Crippen molar-refractivity contribution in [2.24, 2.45) is 0 Å². The van der Waals surface area contributed by atoms with E-state index < -0.39 is 0 Å². The van der Waals surface area contributed by atoms with E-state index in [0.717, 1.165) is 19.3 Å². The average Bonchev–Trinajstić information content (AvgIpc) is 2.17. The maximum atomic E-state index is 10.6. The highest BCUT2D eigenvalue weighted by molar-refractivity contribution is 5.78. The lowest BCUT2D eigenvalue weighted by Gasteiger charge is -2.05. The fraction of sp³-hybridized carbons (Fsp3) is 0.857. The summed E-state index contributed by atoms with van der Waals surface area (Å²) in [6, 6.07) is 0.488. The van der Waals surface area contributed by atoms with Gasteiger partial charge in [-0.25, -0.2) is 0 Å². The van der Waals surface area contributed by atoms with Crippen molar-refractivity contribution >= 4 is 5.91 Å². The van der Waals surface area contributed by atoms with Crippen LogP contribution >= 0.6 is 0 Å². The molecule has 1 aliphatic rings. The molecule has 1 aliphatic heterocycles. The van der Waals surface area contributed by atoms with Crippen LogP contribution in [-0.2, 0) is 4.79 Å². The largest absolute Gasteiger partial charge is 0.353 e. The molecular weight excluding hydrogens is 114 g/mol. The van der Waals surface area contributed by atoms with E-state index in [1.54, 1.807) is 0 Å². The Bertz CT molecular complexity index is 111. The second-order valence-corrected chi connectivity index (χ2v) is 2.59. The Balaban J connectivity index is 2.22.